The van der Waals surface area contributed by atoms with Gasteiger partial charge in [0.05, 0.1) is 5.56 Å². The summed E-state index contributed by atoms with van der Waals surface area (Å²) in [6, 6.07) is 0.429. The predicted molar refractivity (Wildman–Crippen MR) is 62.8 cm³/mol. The van der Waals surface area contributed by atoms with Gasteiger partial charge in [0.1, 0.15) is 17.5 Å². The minimum Gasteiger partial charge on any atom is -0.345 e. The van der Waals surface area contributed by atoms with Crippen molar-refractivity contribution in [3.05, 3.63) is 22.8 Å². The summed E-state index contributed by atoms with van der Waals surface area (Å²) in [5, 5.41) is -0.511. The highest BCUT2D eigenvalue weighted by Gasteiger charge is 2.35. The molecule has 0 saturated carbocycles. The van der Waals surface area contributed by atoms with Crippen LogP contribution in [0.25, 0.3) is 0 Å². The molecule has 0 aliphatic rings. The van der Waals surface area contributed by atoms with Crippen LogP contribution < -0.4 is 4.90 Å². The lowest BCUT2D eigenvalue weighted by Crippen LogP contribution is -2.39. The van der Waals surface area contributed by atoms with E-state index in [0.717, 1.165) is 0 Å². The maximum Gasteiger partial charge on any atom is 0.416 e. The first kappa shape index (κ1) is 16.9. The van der Waals surface area contributed by atoms with Gasteiger partial charge >= 0.3 is 12.4 Å². The van der Waals surface area contributed by atoms with Crippen LogP contribution in [0.15, 0.2) is 12.1 Å². The van der Waals surface area contributed by atoms with Crippen LogP contribution in [0, 0.1) is 0 Å². The number of alkyl halides is 6. The smallest absolute Gasteiger partial charge is 0.345 e. The van der Waals surface area contributed by atoms with Gasteiger partial charge in [0.25, 0.3) is 0 Å². The van der Waals surface area contributed by atoms with Crippen LogP contribution in [0.5, 0.6) is 0 Å². The molecule has 1 aromatic heterocycles. The Hall–Kier alpha value is -1.18. The summed E-state index contributed by atoms with van der Waals surface area (Å²) in [5.74, 6) is -0.461. The van der Waals surface area contributed by atoms with Gasteiger partial charge in [-0.1, -0.05) is 11.6 Å². The predicted octanol–water partition coefficient (Wildman–Crippen LogP) is 4.53. The molecule has 1 aromatic rings. The summed E-state index contributed by atoms with van der Waals surface area (Å²) in [5.41, 5.74) is -1.14. The lowest BCUT2D eigenvalue weighted by atomic mass is 10.2. The molecule has 114 valence electrons. The van der Waals surface area contributed by atoms with Crippen molar-refractivity contribution >= 4 is 17.4 Å². The van der Waals surface area contributed by atoms with Crippen LogP contribution >= 0.6 is 11.6 Å². The molecule has 0 aromatic carbocycles. The van der Waals surface area contributed by atoms with Gasteiger partial charge in [-0.15, -0.1) is 0 Å². The summed E-state index contributed by atoms with van der Waals surface area (Å²) in [6.45, 7) is 1.43. The van der Waals surface area contributed by atoms with Crippen molar-refractivity contribution in [3.8, 4) is 0 Å². The molecule has 0 fully saturated rings. The van der Waals surface area contributed by atoms with Gasteiger partial charge in [0, 0.05) is 6.04 Å². The van der Waals surface area contributed by atoms with Crippen LogP contribution in [0.3, 0.4) is 0 Å². The third kappa shape index (κ3) is 4.73. The van der Waals surface area contributed by atoms with E-state index in [2.05, 4.69) is 4.98 Å². The lowest BCUT2D eigenvalue weighted by Gasteiger charge is -2.29. The van der Waals surface area contributed by atoms with Crippen molar-refractivity contribution in [2.24, 2.45) is 0 Å². The van der Waals surface area contributed by atoms with E-state index in [1.807, 2.05) is 0 Å². The Morgan fingerprint density at radius 1 is 1.15 bits per heavy atom. The Morgan fingerprint density at radius 3 is 2.10 bits per heavy atom. The summed E-state index contributed by atoms with van der Waals surface area (Å²) in [4.78, 5) is 4.25. The fourth-order valence-corrected chi connectivity index (χ4v) is 1.72. The van der Waals surface area contributed by atoms with Crippen molar-refractivity contribution in [2.75, 3.05) is 11.4 Å². The number of aromatic nitrogens is 1. The summed E-state index contributed by atoms with van der Waals surface area (Å²) < 4.78 is 75.3. The first-order valence-corrected chi connectivity index (χ1v) is 5.86. The van der Waals surface area contributed by atoms with Gasteiger partial charge in [-0.3, -0.25) is 0 Å². The lowest BCUT2D eigenvalue weighted by molar-refractivity contribution is -0.137. The van der Waals surface area contributed by atoms with Crippen molar-refractivity contribution in [1.82, 2.24) is 4.98 Å². The third-order valence-electron chi connectivity index (χ3n) is 2.38. The molecule has 0 radical (unpaired) electrons. The van der Waals surface area contributed by atoms with E-state index in [1.165, 1.54) is 13.8 Å². The fourth-order valence-electron chi connectivity index (χ4n) is 1.52. The largest absolute Gasteiger partial charge is 0.416 e. The van der Waals surface area contributed by atoms with Crippen LogP contribution in [0.4, 0.5) is 32.2 Å². The molecule has 9 heteroatoms. The molecular formula is C11H11ClF6N2. The molecule has 20 heavy (non-hydrogen) atoms. The molecule has 0 aliphatic carbocycles. The van der Waals surface area contributed by atoms with Crippen molar-refractivity contribution in [1.29, 1.82) is 0 Å². The number of hydrogen-bond acceptors (Lipinski definition) is 2. The van der Waals surface area contributed by atoms with Crippen molar-refractivity contribution < 1.29 is 26.3 Å². The molecule has 0 aliphatic heterocycles. The molecule has 0 amide bonds. The van der Waals surface area contributed by atoms with E-state index < -0.39 is 41.5 Å². The highest BCUT2D eigenvalue weighted by atomic mass is 35.5. The zero-order chi connectivity index (χ0) is 15.7. The highest BCUT2D eigenvalue weighted by Crippen LogP contribution is 2.34. The standard InChI is InChI=1S/C11H11ClF6N2/c1-6(2)20(5-10(13,14)15)9-4-7(11(16,17)18)3-8(12)19-9/h3-4,6H,5H2,1-2H3. The SMILES string of the molecule is CC(C)N(CC(F)(F)F)c1cc(C(F)(F)F)cc(Cl)n1. The van der Waals surface area contributed by atoms with Crippen LogP contribution in [0.2, 0.25) is 5.15 Å². The number of halogens is 7. The summed E-state index contributed by atoms with van der Waals surface area (Å²) in [7, 11) is 0. The second kappa shape index (κ2) is 5.67. The molecule has 1 rings (SSSR count). The quantitative estimate of drug-likeness (QED) is 0.601. The number of pyridine rings is 1. The normalized spacial score (nSPS) is 12.9. The number of nitrogens with zero attached hydrogens (tertiary/aromatic N) is 2. The van der Waals surface area contributed by atoms with Gasteiger partial charge < -0.3 is 4.90 Å². The van der Waals surface area contributed by atoms with Crippen LogP contribution in [-0.2, 0) is 6.18 Å². The maximum atomic E-state index is 12.6. The van der Waals surface area contributed by atoms with E-state index in [4.69, 9.17) is 11.6 Å². The Labute approximate surface area is 116 Å². The fraction of sp³-hybridized carbons (Fsp3) is 0.545. The summed E-state index contributed by atoms with van der Waals surface area (Å²) in [6.07, 6.45) is -9.27. The van der Waals surface area contributed by atoms with E-state index in [-0.39, 0.29) is 0 Å². The Morgan fingerprint density at radius 2 is 1.70 bits per heavy atom. The van der Waals surface area contributed by atoms with Gasteiger partial charge in [-0.05, 0) is 26.0 Å². The molecule has 0 unspecified atom stereocenters. The molecule has 1 heterocycles. The topological polar surface area (TPSA) is 16.1 Å². The summed E-state index contributed by atoms with van der Waals surface area (Å²) >= 11 is 5.46. The Bertz CT molecular complexity index is 469. The highest BCUT2D eigenvalue weighted by molar-refractivity contribution is 6.29. The zero-order valence-corrected chi connectivity index (χ0v) is 11.2. The van der Waals surface area contributed by atoms with Crippen molar-refractivity contribution in [3.63, 3.8) is 0 Å². The molecule has 2 nitrogen and oxygen atoms in total. The van der Waals surface area contributed by atoms with Gasteiger partial charge in [-0.2, -0.15) is 26.3 Å². The minimum atomic E-state index is -4.71. The molecular weight excluding hydrogens is 310 g/mol. The van der Waals surface area contributed by atoms with E-state index in [1.54, 1.807) is 0 Å². The number of anilines is 1. The second-order valence-electron chi connectivity index (χ2n) is 4.37. The van der Waals surface area contributed by atoms with Gasteiger partial charge in [0.2, 0.25) is 0 Å². The molecule has 0 saturated heterocycles. The van der Waals surface area contributed by atoms with Crippen LogP contribution in [0.1, 0.15) is 19.4 Å². The van der Waals surface area contributed by atoms with Gasteiger partial charge in [0.15, 0.2) is 0 Å². The molecule has 0 bridgehead atoms. The van der Waals surface area contributed by atoms with E-state index >= 15 is 0 Å². The molecule has 0 N–H and O–H groups in total. The average Bonchev–Trinajstić information content (AvgIpc) is 2.22. The van der Waals surface area contributed by atoms with E-state index in [0.29, 0.717) is 17.0 Å². The number of hydrogen-bond donors (Lipinski definition) is 0. The van der Waals surface area contributed by atoms with E-state index in [9.17, 15) is 26.3 Å². The Balaban J connectivity index is 3.24. The Kier molecular flexibility index (Phi) is 4.78. The molecule has 0 spiro atoms. The monoisotopic (exact) mass is 320 g/mol. The minimum absolute atomic E-state index is 0.461. The average molecular weight is 321 g/mol. The van der Waals surface area contributed by atoms with Crippen LogP contribution in [-0.4, -0.2) is 23.7 Å². The van der Waals surface area contributed by atoms with Gasteiger partial charge in [-0.25, -0.2) is 4.98 Å². The third-order valence-corrected chi connectivity index (χ3v) is 2.57. The maximum absolute atomic E-state index is 12.6. The molecule has 0 atom stereocenters. The van der Waals surface area contributed by atoms with Crippen molar-refractivity contribution in [2.45, 2.75) is 32.2 Å². The number of rotatable bonds is 3. The zero-order valence-electron chi connectivity index (χ0n) is 10.5. The first-order valence-electron chi connectivity index (χ1n) is 5.48. The second-order valence-corrected chi connectivity index (χ2v) is 4.76. The first-order chi connectivity index (χ1) is 8.90.